The third-order valence-electron chi connectivity index (χ3n) is 4.38. The second kappa shape index (κ2) is 6.64. The maximum atomic E-state index is 12.3. The van der Waals surface area contributed by atoms with Crippen molar-refractivity contribution in [2.24, 2.45) is 5.92 Å². The molecule has 7 nitrogen and oxygen atoms in total. The Hall–Kier alpha value is -2.74. The molecule has 1 aliphatic heterocycles. The largest absolute Gasteiger partial charge is 0.351 e. The number of rotatable bonds is 5. The number of likely N-dealkylation sites (tertiary alicyclic amines) is 1. The molecule has 0 aliphatic carbocycles. The molecule has 1 aliphatic rings. The quantitative estimate of drug-likeness (QED) is 0.725. The van der Waals surface area contributed by atoms with E-state index in [1.807, 2.05) is 23.1 Å². The van der Waals surface area contributed by atoms with Crippen LogP contribution >= 0.6 is 11.3 Å². The van der Waals surface area contributed by atoms with Crippen LogP contribution < -0.4 is 5.32 Å². The van der Waals surface area contributed by atoms with Crippen LogP contribution in [0.15, 0.2) is 36.1 Å². The molecule has 8 heteroatoms. The molecule has 0 atom stereocenters. The van der Waals surface area contributed by atoms with E-state index in [0.717, 1.165) is 16.5 Å². The summed E-state index contributed by atoms with van der Waals surface area (Å²) in [5, 5.41) is 10.8. The van der Waals surface area contributed by atoms with E-state index in [0.29, 0.717) is 36.9 Å². The number of carbonyl (C=O) groups excluding carboxylic acids is 2. The minimum Gasteiger partial charge on any atom is -0.351 e. The van der Waals surface area contributed by atoms with Gasteiger partial charge in [-0.2, -0.15) is 5.10 Å². The molecule has 2 amide bonds. The van der Waals surface area contributed by atoms with E-state index >= 15 is 0 Å². The van der Waals surface area contributed by atoms with Gasteiger partial charge in [-0.3, -0.25) is 19.7 Å². The minimum atomic E-state index is -0.0966. The Labute approximate surface area is 148 Å². The van der Waals surface area contributed by atoms with Crippen molar-refractivity contribution in [1.82, 2.24) is 25.4 Å². The van der Waals surface area contributed by atoms with Crippen LogP contribution in [-0.2, 0) is 11.2 Å². The Kier molecular flexibility index (Phi) is 4.19. The fraction of sp³-hybridized carbons (Fsp3) is 0.294. The molecule has 1 aromatic carbocycles. The summed E-state index contributed by atoms with van der Waals surface area (Å²) in [5.41, 5.74) is 3.59. The summed E-state index contributed by atoms with van der Waals surface area (Å²) in [6.45, 7) is 1.97. The van der Waals surface area contributed by atoms with E-state index in [2.05, 4.69) is 20.5 Å². The van der Waals surface area contributed by atoms with Gasteiger partial charge in [-0.1, -0.05) is 6.07 Å². The first-order valence-electron chi connectivity index (χ1n) is 8.05. The number of amides is 2. The van der Waals surface area contributed by atoms with Gasteiger partial charge in [-0.05, 0) is 17.7 Å². The normalized spacial score (nSPS) is 14.5. The average Bonchev–Trinajstić information content (AvgIpc) is 3.24. The monoisotopic (exact) mass is 355 g/mol. The van der Waals surface area contributed by atoms with Gasteiger partial charge >= 0.3 is 0 Å². The second-order valence-corrected chi connectivity index (χ2v) is 7.10. The molecular weight excluding hydrogens is 338 g/mol. The van der Waals surface area contributed by atoms with Gasteiger partial charge in [0.1, 0.15) is 4.88 Å². The van der Waals surface area contributed by atoms with Gasteiger partial charge in [0.2, 0.25) is 5.91 Å². The summed E-state index contributed by atoms with van der Waals surface area (Å²) in [7, 11) is 0. The standard InChI is InChI=1S/C17H17N5O2S/c23-16(4-11-1-2-14-13(3-11)6-20-21-14)22-8-12(9-22)5-19-17(24)15-7-18-10-25-15/h1-3,6-7,10,12H,4-5,8-9H2,(H,19,24)(H,20,21). The Morgan fingerprint density at radius 2 is 2.20 bits per heavy atom. The number of aromatic nitrogens is 3. The second-order valence-electron chi connectivity index (χ2n) is 6.21. The first-order chi connectivity index (χ1) is 12.2. The number of carbonyl (C=O) groups is 2. The molecule has 0 unspecified atom stereocenters. The van der Waals surface area contributed by atoms with Gasteiger partial charge in [-0.25, -0.2) is 0 Å². The number of nitrogens with zero attached hydrogens (tertiary/aromatic N) is 3. The van der Waals surface area contributed by atoms with Crippen molar-refractivity contribution >= 4 is 34.1 Å². The van der Waals surface area contributed by atoms with Crippen molar-refractivity contribution in [3.8, 4) is 0 Å². The van der Waals surface area contributed by atoms with E-state index in [1.54, 1.807) is 17.9 Å². The van der Waals surface area contributed by atoms with Gasteiger partial charge in [0, 0.05) is 30.9 Å². The molecule has 4 rings (SSSR count). The predicted octanol–water partition coefficient (Wildman–Crippen LogP) is 1.45. The maximum absolute atomic E-state index is 12.3. The lowest BCUT2D eigenvalue weighted by Crippen LogP contribution is -2.54. The molecule has 0 spiro atoms. The number of thiazole rings is 1. The van der Waals surface area contributed by atoms with Crippen LogP contribution in [-0.4, -0.2) is 51.5 Å². The average molecular weight is 355 g/mol. The van der Waals surface area contributed by atoms with E-state index in [9.17, 15) is 9.59 Å². The molecule has 0 radical (unpaired) electrons. The number of benzene rings is 1. The Balaban J connectivity index is 1.24. The van der Waals surface area contributed by atoms with Crippen molar-refractivity contribution < 1.29 is 9.59 Å². The van der Waals surface area contributed by atoms with Crippen molar-refractivity contribution in [3.63, 3.8) is 0 Å². The van der Waals surface area contributed by atoms with E-state index in [-0.39, 0.29) is 11.8 Å². The summed E-state index contributed by atoms with van der Waals surface area (Å²) in [6.07, 6.45) is 3.71. The highest BCUT2D eigenvalue weighted by molar-refractivity contribution is 7.11. The lowest BCUT2D eigenvalue weighted by Gasteiger charge is -2.39. The van der Waals surface area contributed by atoms with Crippen LogP contribution in [0.25, 0.3) is 10.9 Å². The lowest BCUT2D eigenvalue weighted by atomic mass is 9.98. The highest BCUT2D eigenvalue weighted by atomic mass is 32.1. The van der Waals surface area contributed by atoms with Crippen LogP contribution in [0.4, 0.5) is 0 Å². The van der Waals surface area contributed by atoms with Gasteiger partial charge in [-0.15, -0.1) is 11.3 Å². The number of hydrogen-bond acceptors (Lipinski definition) is 5. The molecule has 2 aromatic heterocycles. The van der Waals surface area contributed by atoms with E-state index in [1.165, 1.54) is 11.3 Å². The van der Waals surface area contributed by atoms with Crippen molar-refractivity contribution in [1.29, 1.82) is 0 Å². The van der Waals surface area contributed by atoms with Crippen molar-refractivity contribution in [2.45, 2.75) is 6.42 Å². The molecule has 3 heterocycles. The van der Waals surface area contributed by atoms with Crippen LogP contribution in [0.2, 0.25) is 0 Å². The zero-order chi connectivity index (χ0) is 17.2. The highest BCUT2D eigenvalue weighted by Gasteiger charge is 2.30. The molecule has 128 valence electrons. The van der Waals surface area contributed by atoms with Crippen LogP contribution in [0.3, 0.4) is 0 Å². The Morgan fingerprint density at radius 1 is 1.32 bits per heavy atom. The number of fused-ring (bicyclic) bond motifs is 1. The zero-order valence-corrected chi connectivity index (χ0v) is 14.3. The fourth-order valence-corrected chi connectivity index (χ4v) is 3.48. The third-order valence-corrected chi connectivity index (χ3v) is 5.15. The minimum absolute atomic E-state index is 0.0966. The smallest absolute Gasteiger partial charge is 0.263 e. The third kappa shape index (κ3) is 3.39. The van der Waals surface area contributed by atoms with Gasteiger partial charge in [0.25, 0.3) is 5.91 Å². The summed E-state index contributed by atoms with van der Waals surface area (Å²) >= 11 is 1.32. The van der Waals surface area contributed by atoms with E-state index in [4.69, 9.17) is 0 Å². The predicted molar refractivity (Wildman–Crippen MR) is 94.3 cm³/mol. The Bertz CT molecular complexity index is 899. The van der Waals surface area contributed by atoms with Gasteiger partial charge in [0.15, 0.2) is 0 Å². The Morgan fingerprint density at radius 3 is 3.00 bits per heavy atom. The van der Waals surface area contributed by atoms with Crippen LogP contribution in [0.5, 0.6) is 0 Å². The topological polar surface area (TPSA) is 91.0 Å². The number of nitrogens with one attached hydrogen (secondary N) is 2. The van der Waals surface area contributed by atoms with Gasteiger partial charge in [0.05, 0.1) is 29.8 Å². The molecule has 0 bridgehead atoms. The molecule has 25 heavy (non-hydrogen) atoms. The highest BCUT2D eigenvalue weighted by Crippen LogP contribution is 2.18. The first-order valence-corrected chi connectivity index (χ1v) is 8.93. The molecule has 2 N–H and O–H groups in total. The van der Waals surface area contributed by atoms with Crippen molar-refractivity contribution in [2.75, 3.05) is 19.6 Å². The fourth-order valence-electron chi connectivity index (χ4n) is 2.94. The molecule has 0 saturated carbocycles. The molecule has 3 aromatic rings. The zero-order valence-electron chi connectivity index (χ0n) is 13.4. The first kappa shape index (κ1) is 15.8. The lowest BCUT2D eigenvalue weighted by molar-refractivity contribution is -0.136. The molecular formula is C17H17N5O2S. The van der Waals surface area contributed by atoms with E-state index < -0.39 is 0 Å². The summed E-state index contributed by atoms with van der Waals surface area (Å²) in [5.74, 6) is 0.339. The number of aromatic amines is 1. The van der Waals surface area contributed by atoms with Crippen molar-refractivity contribution in [3.05, 3.63) is 46.5 Å². The van der Waals surface area contributed by atoms with Gasteiger partial charge < -0.3 is 10.2 Å². The maximum Gasteiger partial charge on any atom is 0.263 e. The van der Waals surface area contributed by atoms with Crippen LogP contribution in [0.1, 0.15) is 15.2 Å². The molecule has 1 saturated heterocycles. The summed E-state index contributed by atoms with van der Waals surface area (Å²) in [4.78, 5) is 30.6. The molecule has 1 fully saturated rings. The number of hydrogen-bond donors (Lipinski definition) is 2. The summed E-state index contributed by atoms with van der Waals surface area (Å²) in [6, 6.07) is 5.88. The van der Waals surface area contributed by atoms with Crippen LogP contribution in [0, 0.1) is 5.92 Å². The summed E-state index contributed by atoms with van der Waals surface area (Å²) < 4.78 is 0. The number of H-pyrrole nitrogens is 1. The SMILES string of the molecule is O=C(NCC1CN(C(=O)Cc2ccc3[nH]ncc3c2)C1)c1cncs1.